The number of methoxy groups -OCH3 is 1. The Morgan fingerprint density at radius 1 is 1.25 bits per heavy atom. The topological polar surface area (TPSA) is 124 Å². The molecule has 0 fully saturated rings. The van der Waals surface area contributed by atoms with E-state index in [1.807, 2.05) is 0 Å². The molecule has 3 rings (SSSR count). The zero-order valence-corrected chi connectivity index (χ0v) is 18.6. The summed E-state index contributed by atoms with van der Waals surface area (Å²) in [4.78, 5) is 53.8. The van der Waals surface area contributed by atoms with Crippen LogP contribution in [0.3, 0.4) is 0 Å². The fraction of sp³-hybridized carbons (Fsp3) is 0.286. The number of nitrogens with one attached hydrogen (secondary N) is 2. The third-order valence-electron chi connectivity index (χ3n) is 4.84. The summed E-state index contributed by atoms with van der Waals surface area (Å²) in [5.41, 5.74) is 0.573. The highest BCUT2D eigenvalue weighted by Crippen LogP contribution is 2.31. The number of amides is 2. The molecular weight excluding hydrogens is 461 g/mol. The summed E-state index contributed by atoms with van der Waals surface area (Å²) in [6.07, 6.45) is 0.232. The minimum absolute atomic E-state index is 0.0763. The highest BCUT2D eigenvalue weighted by Gasteiger charge is 2.37. The molecule has 1 aliphatic heterocycles. The van der Waals surface area contributed by atoms with Crippen LogP contribution < -0.4 is 10.6 Å². The SMILES string of the molecule is COC(=O)C(NC(=O)c1ccc(Cl)cc1Cl)C(C)OC(=O)C1CC(=O)Nc2ncccc21. The van der Waals surface area contributed by atoms with Crippen LogP contribution in [-0.2, 0) is 23.9 Å². The minimum atomic E-state index is -1.33. The number of esters is 2. The second-order valence-corrected chi connectivity index (χ2v) is 7.83. The molecule has 2 N–H and O–H groups in total. The van der Waals surface area contributed by atoms with Gasteiger partial charge in [-0.25, -0.2) is 9.78 Å². The van der Waals surface area contributed by atoms with Gasteiger partial charge in [0.05, 0.1) is 23.6 Å². The lowest BCUT2D eigenvalue weighted by molar-refractivity contribution is -0.157. The first-order valence-electron chi connectivity index (χ1n) is 9.50. The largest absolute Gasteiger partial charge is 0.467 e. The van der Waals surface area contributed by atoms with Crippen molar-refractivity contribution in [2.24, 2.45) is 0 Å². The first-order valence-corrected chi connectivity index (χ1v) is 10.3. The van der Waals surface area contributed by atoms with Crippen molar-refractivity contribution in [3.63, 3.8) is 0 Å². The van der Waals surface area contributed by atoms with E-state index in [4.69, 9.17) is 32.7 Å². The van der Waals surface area contributed by atoms with Gasteiger partial charge in [0.1, 0.15) is 11.9 Å². The molecule has 0 radical (unpaired) electrons. The zero-order chi connectivity index (χ0) is 23.4. The lowest BCUT2D eigenvalue weighted by Gasteiger charge is -2.27. The standard InChI is InChI=1S/C21H19Cl2N3O6/c1-10(32-20(29)14-9-16(27)25-18-12(14)4-3-7-24-18)17(21(30)31-2)26-19(28)13-6-5-11(22)8-15(13)23/h3-8,10,14,17H,9H2,1-2H3,(H,26,28)(H,24,25,27). The maximum Gasteiger partial charge on any atom is 0.332 e. The van der Waals surface area contributed by atoms with Gasteiger partial charge in [-0.3, -0.25) is 14.4 Å². The number of fused-ring (bicyclic) bond motifs is 1. The molecule has 11 heteroatoms. The maximum absolute atomic E-state index is 12.8. The fourth-order valence-electron chi connectivity index (χ4n) is 3.21. The quantitative estimate of drug-likeness (QED) is 0.610. The number of nitrogens with zero attached hydrogens (tertiary/aromatic N) is 1. The van der Waals surface area contributed by atoms with Crippen molar-refractivity contribution >= 4 is 52.8 Å². The van der Waals surface area contributed by atoms with E-state index in [1.165, 1.54) is 31.3 Å². The molecule has 9 nitrogen and oxygen atoms in total. The Morgan fingerprint density at radius 2 is 2.00 bits per heavy atom. The molecule has 2 aromatic rings. The summed E-state index contributed by atoms with van der Waals surface area (Å²) < 4.78 is 10.2. The first kappa shape index (κ1) is 23.5. The van der Waals surface area contributed by atoms with Crippen LogP contribution in [0.1, 0.15) is 35.2 Å². The van der Waals surface area contributed by atoms with Gasteiger partial charge >= 0.3 is 11.9 Å². The predicted molar refractivity (Wildman–Crippen MR) is 116 cm³/mol. The highest BCUT2D eigenvalue weighted by atomic mass is 35.5. The Hall–Kier alpha value is -3.17. The lowest BCUT2D eigenvalue weighted by Crippen LogP contribution is -2.50. The van der Waals surface area contributed by atoms with Gasteiger partial charge < -0.3 is 20.1 Å². The number of carbonyl (C=O) groups is 4. The Labute approximate surface area is 193 Å². The molecule has 0 aliphatic carbocycles. The number of halogens is 2. The Kier molecular flexibility index (Phi) is 7.32. The fourth-order valence-corrected chi connectivity index (χ4v) is 3.71. The summed E-state index contributed by atoms with van der Waals surface area (Å²) in [6, 6.07) is 6.21. The van der Waals surface area contributed by atoms with Crippen molar-refractivity contribution in [1.29, 1.82) is 0 Å². The molecule has 3 unspecified atom stereocenters. The summed E-state index contributed by atoms with van der Waals surface area (Å²) >= 11 is 11.9. The van der Waals surface area contributed by atoms with Crippen LogP contribution in [0.25, 0.3) is 0 Å². The van der Waals surface area contributed by atoms with Crippen molar-refractivity contribution in [2.45, 2.75) is 31.4 Å². The van der Waals surface area contributed by atoms with Gasteiger partial charge in [0.15, 0.2) is 6.04 Å². The summed E-state index contributed by atoms with van der Waals surface area (Å²) in [7, 11) is 1.14. The van der Waals surface area contributed by atoms with E-state index in [2.05, 4.69) is 15.6 Å². The van der Waals surface area contributed by atoms with Crippen molar-refractivity contribution in [3.05, 3.63) is 57.7 Å². The van der Waals surface area contributed by atoms with Gasteiger partial charge in [-0.1, -0.05) is 29.3 Å². The molecule has 1 aliphatic rings. The van der Waals surface area contributed by atoms with Crippen LogP contribution in [0.5, 0.6) is 0 Å². The van der Waals surface area contributed by atoms with Crippen LogP contribution in [0.15, 0.2) is 36.5 Å². The first-order chi connectivity index (χ1) is 15.2. The van der Waals surface area contributed by atoms with Crippen LogP contribution >= 0.6 is 23.2 Å². The molecule has 0 saturated carbocycles. The normalized spacial score (nSPS) is 16.8. The summed E-state index contributed by atoms with van der Waals surface area (Å²) in [5, 5.41) is 5.48. The van der Waals surface area contributed by atoms with E-state index in [1.54, 1.807) is 12.1 Å². The van der Waals surface area contributed by atoms with Crippen LogP contribution in [-0.4, -0.2) is 48.0 Å². The van der Waals surface area contributed by atoms with Gasteiger partial charge in [-0.2, -0.15) is 0 Å². The van der Waals surface area contributed by atoms with Crippen molar-refractivity contribution in [2.75, 3.05) is 12.4 Å². The summed E-state index contributed by atoms with van der Waals surface area (Å²) in [5.74, 6) is -3.28. The highest BCUT2D eigenvalue weighted by molar-refractivity contribution is 6.36. The molecule has 0 spiro atoms. The average Bonchev–Trinajstić information content (AvgIpc) is 2.75. The van der Waals surface area contributed by atoms with Gasteiger partial charge in [-0.15, -0.1) is 0 Å². The van der Waals surface area contributed by atoms with E-state index in [9.17, 15) is 19.2 Å². The Morgan fingerprint density at radius 3 is 2.69 bits per heavy atom. The van der Waals surface area contributed by atoms with Gasteiger partial charge in [0, 0.05) is 23.2 Å². The second kappa shape index (κ2) is 9.97. The number of rotatable bonds is 6. The molecule has 0 bridgehead atoms. The molecule has 2 amide bonds. The molecule has 0 saturated heterocycles. The zero-order valence-electron chi connectivity index (χ0n) is 17.1. The smallest absolute Gasteiger partial charge is 0.332 e. The molecule has 168 valence electrons. The number of hydrogen-bond acceptors (Lipinski definition) is 7. The van der Waals surface area contributed by atoms with E-state index >= 15 is 0 Å². The minimum Gasteiger partial charge on any atom is -0.467 e. The third kappa shape index (κ3) is 5.17. The molecule has 2 heterocycles. The molecule has 1 aromatic heterocycles. The van der Waals surface area contributed by atoms with Crippen LogP contribution in [0.4, 0.5) is 5.82 Å². The third-order valence-corrected chi connectivity index (χ3v) is 5.38. The van der Waals surface area contributed by atoms with Crippen molar-refractivity contribution in [1.82, 2.24) is 10.3 Å². The van der Waals surface area contributed by atoms with Gasteiger partial charge in [0.2, 0.25) is 5.91 Å². The number of benzene rings is 1. The number of anilines is 1. The summed E-state index contributed by atoms with van der Waals surface area (Å²) in [6.45, 7) is 1.43. The molecular formula is C21H19Cl2N3O6. The van der Waals surface area contributed by atoms with Crippen molar-refractivity contribution < 1.29 is 28.7 Å². The van der Waals surface area contributed by atoms with Crippen LogP contribution in [0.2, 0.25) is 10.0 Å². The predicted octanol–water partition coefficient (Wildman–Crippen LogP) is 2.72. The maximum atomic E-state index is 12.8. The van der Waals surface area contributed by atoms with E-state index in [0.717, 1.165) is 7.11 Å². The second-order valence-electron chi connectivity index (χ2n) is 6.99. The van der Waals surface area contributed by atoms with E-state index < -0.39 is 35.9 Å². The number of ether oxygens (including phenoxy) is 2. The monoisotopic (exact) mass is 479 g/mol. The number of hydrogen-bond donors (Lipinski definition) is 2. The number of pyridine rings is 1. The van der Waals surface area contributed by atoms with Gasteiger partial charge in [0.25, 0.3) is 5.91 Å². The van der Waals surface area contributed by atoms with Crippen LogP contribution in [0, 0.1) is 0 Å². The Balaban J connectivity index is 1.77. The molecule has 1 aromatic carbocycles. The average molecular weight is 480 g/mol. The number of aromatic nitrogens is 1. The lowest BCUT2D eigenvalue weighted by atomic mass is 9.93. The molecule has 3 atom stereocenters. The van der Waals surface area contributed by atoms with Gasteiger partial charge in [-0.05, 0) is 31.2 Å². The Bertz CT molecular complexity index is 1080. The number of carbonyl (C=O) groups excluding carboxylic acids is 4. The van der Waals surface area contributed by atoms with Crippen molar-refractivity contribution in [3.8, 4) is 0 Å². The molecule has 32 heavy (non-hydrogen) atoms. The van der Waals surface area contributed by atoms with E-state index in [0.29, 0.717) is 10.6 Å². The van der Waals surface area contributed by atoms with E-state index in [-0.39, 0.29) is 28.7 Å².